The van der Waals surface area contributed by atoms with Crippen molar-refractivity contribution in [1.29, 1.82) is 0 Å². The van der Waals surface area contributed by atoms with Crippen molar-refractivity contribution >= 4 is 39.1 Å². The largest absolute Gasteiger partial charge is 0.497 e. The van der Waals surface area contributed by atoms with Crippen molar-refractivity contribution in [3.63, 3.8) is 0 Å². The zero-order chi connectivity index (χ0) is 33.3. The Kier molecular flexibility index (Phi) is 11.8. The minimum absolute atomic E-state index is 0.0679. The number of sulfonamides is 1. The fourth-order valence-corrected chi connectivity index (χ4v) is 6.39. The molecule has 0 aliphatic heterocycles. The third-order valence-corrected chi connectivity index (χ3v) is 9.27. The van der Waals surface area contributed by atoms with Gasteiger partial charge >= 0.3 is 0 Å². The lowest BCUT2D eigenvalue weighted by Gasteiger charge is -2.34. The fraction of sp³-hybridized carbons (Fsp3) is 0.257. The highest BCUT2D eigenvalue weighted by Crippen LogP contribution is 2.28. The Morgan fingerprint density at radius 3 is 2.17 bits per heavy atom. The van der Waals surface area contributed by atoms with E-state index in [1.165, 1.54) is 66.6 Å². The monoisotopic (exact) mass is 665 g/mol. The summed E-state index contributed by atoms with van der Waals surface area (Å²) in [5, 5.41) is 3.21. The van der Waals surface area contributed by atoms with Crippen molar-refractivity contribution in [2.24, 2.45) is 5.92 Å². The quantitative estimate of drug-likeness (QED) is 0.176. The van der Waals surface area contributed by atoms with Crippen LogP contribution in [0.4, 0.5) is 10.1 Å². The van der Waals surface area contributed by atoms with Crippen LogP contribution in [0.1, 0.15) is 25.0 Å². The van der Waals surface area contributed by atoms with Crippen LogP contribution >= 0.6 is 11.6 Å². The first kappa shape index (κ1) is 34.5. The van der Waals surface area contributed by atoms with E-state index in [1.807, 2.05) is 44.2 Å². The molecule has 0 bridgehead atoms. The molecule has 0 aromatic heterocycles. The molecule has 0 radical (unpaired) electrons. The number of hydrogen-bond donors (Lipinski definition) is 1. The molecule has 11 heteroatoms. The van der Waals surface area contributed by atoms with Crippen LogP contribution in [0, 0.1) is 11.7 Å². The van der Waals surface area contributed by atoms with Crippen molar-refractivity contribution in [1.82, 2.24) is 10.2 Å². The van der Waals surface area contributed by atoms with E-state index in [0.717, 1.165) is 9.87 Å². The number of methoxy groups -OCH3 is 1. The first-order valence-electron chi connectivity index (χ1n) is 14.8. The topological polar surface area (TPSA) is 96.0 Å². The molecule has 0 aliphatic rings. The Bertz CT molecular complexity index is 1720. The lowest BCUT2D eigenvalue weighted by molar-refractivity contribution is -0.140. The lowest BCUT2D eigenvalue weighted by atomic mass is 10.0. The van der Waals surface area contributed by atoms with Crippen molar-refractivity contribution in [3.8, 4) is 5.75 Å². The number of benzene rings is 4. The van der Waals surface area contributed by atoms with E-state index >= 15 is 0 Å². The molecule has 4 aromatic carbocycles. The van der Waals surface area contributed by atoms with E-state index in [1.54, 1.807) is 18.2 Å². The van der Waals surface area contributed by atoms with Gasteiger partial charge in [0.2, 0.25) is 11.8 Å². The number of carbonyl (C=O) groups is 2. The van der Waals surface area contributed by atoms with Gasteiger partial charge in [-0.25, -0.2) is 12.8 Å². The number of carbonyl (C=O) groups excluding carboxylic acids is 2. The number of ether oxygens (including phenoxy) is 1. The second kappa shape index (κ2) is 15.7. The van der Waals surface area contributed by atoms with Crippen molar-refractivity contribution in [2.75, 3.05) is 24.5 Å². The molecule has 4 aromatic rings. The molecule has 242 valence electrons. The second-order valence-corrected chi connectivity index (χ2v) is 13.5. The predicted octanol–water partition coefficient (Wildman–Crippen LogP) is 6.10. The third-order valence-electron chi connectivity index (χ3n) is 7.24. The second-order valence-electron chi connectivity index (χ2n) is 11.2. The molecule has 1 N–H and O–H groups in total. The van der Waals surface area contributed by atoms with Gasteiger partial charge in [-0.15, -0.1) is 0 Å². The van der Waals surface area contributed by atoms with Crippen LogP contribution in [0.25, 0.3) is 0 Å². The van der Waals surface area contributed by atoms with Crippen molar-refractivity contribution in [2.45, 2.75) is 37.8 Å². The van der Waals surface area contributed by atoms with Crippen LogP contribution in [0.15, 0.2) is 108 Å². The zero-order valence-corrected chi connectivity index (χ0v) is 27.5. The van der Waals surface area contributed by atoms with Gasteiger partial charge in [0.1, 0.15) is 24.2 Å². The number of amides is 2. The van der Waals surface area contributed by atoms with Crippen LogP contribution in [-0.2, 0) is 32.6 Å². The zero-order valence-electron chi connectivity index (χ0n) is 25.9. The molecule has 2 amide bonds. The molecule has 0 unspecified atom stereocenters. The Morgan fingerprint density at radius 1 is 0.891 bits per heavy atom. The SMILES string of the molecule is COc1ccc(S(=O)(=O)N(CC(=O)N(Cc2ccc(F)cc2)[C@H](Cc2ccccc2)C(=O)NCC(C)C)c2cccc(Cl)c2)cc1. The van der Waals surface area contributed by atoms with Gasteiger partial charge in [0.25, 0.3) is 10.0 Å². The number of halogens is 2. The van der Waals surface area contributed by atoms with Gasteiger partial charge in [-0.3, -0.25) is 13.9 Å². The summed E-state index contributed by atoms with van der Waals surface area (Å²) in [6.07, 6.45) is 0.167. The maximum absolute atomic E-state index is 14.4. The average Bonchev–Trinajstić information content (AvgIpc) is 3.05. The van der Waals surface area contributed by atoms with Crippen molar-refractivity contribution < 1.29 is 27.1 Å². The van der Waals surface area contributed by atoms with Gasteiger partial charge in [-0.1, -0.05) is 74.0 Å². The Labute approximate surface area is 274 Å². The van der Waals surface area contributed by atoms with Gasteiger partial charge < -0.3 is 15.0 Å². The van der Waals surface area contributed by atoms with Gasteiger partial charge in [0.05, 0.1) is 17.7 Å². The molecule has 0 saturated heterocycles. The summed E-state index contributed by atoms with van der Waals surface area (Å²) >= 11 is 6.27. The number of hydrogen-bond acceptors (Lipinski definition) is 5. The van der Waals surface area contributed by atoms with Gasteiger partial charge in [0, 0.05) is 24.5 Å². The first-order chi connectivity index (χ1) is 22.0. The van der Waals surface area contributed by atoms with E-state index in [4.69, 9.17) is 16.3 Å². The Morgan fingerprint density at radius 2 is 1.57 bits per heavy atom. The summed E-state index contributed by atoms with van der Waals surface area (Å²) in [4.78, 5) is 29.5. The molecule has 0 heterocycles. The number of anilines is 1. The molecule has 4 rings (SSSR count). The van der Waals surface area contributed by atoms with Gasteiger partial charge in [0.15, 0.2) is 0 Å². The standard InChI is InChI=1S/C35H37ClFN3O5S/c1-25(2)22-38-35(42)33(20-26-8-5-4-6-9-26)39(23-27-12-14-29(37)15-13-27)34(41)24-40(30-11-7-10-28(36)21-30)46(43,44)32-18-16-31(45-3)17-19-32/h4-19,21,25,33H,20,22-24H2,1-3H3,(H,38,42)/t33-/m1/s1. The number of nitrogens with one attached hydrogen (secondary N) is 1. The highest BCUT2D eigenvalue weighted by molar-refractivity contribution is 7.92. The van der Waals surface area contributed by atoms with Crippen LogP contribution in [0.5, 0.6) is 5.75 Å². The van der Waals surface area contributed by atoms with E-state index in [0.29, 0.717) is 17.9 Å². The smallest absolute Gasteiger partial charge is 0.264 e. The van der Waals surface area contributed by atoms with E-state index < -0.39 is 34.3 Å². The Hall–Kier alpha value is -4.41. The Balaban J connectivity index is 1.79. The van der Waals surface area contributed by atoms with Crippen LogP contribution in [0.2, 0.25) is 5.02 Å². The summed E-state index contributed by atoms with van der Waals surface area (Å²) in [5.74, 6) is -0.862. The fourth-order valence-electron chi connectivity index (χ4n) is 4.80. The molecule has 0 aliphatic carbocycles. The minimum Gasteiger partial charge on any atom is -0.497 e. The van der Waals surface area contributed by atoms with Crippen LogP contribution < -0.4 is 14.4 Å². The summed E-state index contributed by atoms with van der Waals surface area (Å²) in [6, 6.07) is 25.8. The summed E-state index contributed by atoms with van der Waals surface area (Å²) in [7, 11) is -2.84. The molecule has 0 spiro atoms. The summed E-state index contributed by atoms with van der Waals surface area (Å²) < 4.78 is 48.2. The molecular formula is C35H37ClFN3O5S. The minimum atomic E-state index is -4.31. The molecule has 1 atom stereocenters. The average molecular weight is 666 g/mol. The highest BCUT2D eigenvalue weighted by atomic mass is 35.5. The number of rotatable bonds is 14. The van der Waals surface area contributed by atoms with E-state index in [9.17, 15) is 22.4 Å². The maximum atomic E-state index is 14.4. The molecule has 0 saturated carbocycles. The van der Waals surface area contributed by atoms with Crippen LogP contribution in [0.3, 0.4) is 0 Å². The summed E-state index contributed by atoms with van der Waals surface area (Å²) in [5.41, 5.74) is 1.54. The molecule has 46 heavy (non-hydrogen) atoms. The molecule has 8 nitrogen and oxygen atoms in total. The first-order valence-corrected chi connectivity index (χ1v) is 16.6. The lowest BCUT2D eigenvalue weighted by Crippen LogP contribution is -2.53. The normalized spacial score (nSPS) is 12.0. The highest BCUT2D eigenvalue weighted by Gasteiger charge is 2.34. The maximum Gasteiger partial charge on any atom is 0.264 e. The van der Waals surface area contributed by atoms with Gasteiger partial charge in [-0.2, -0.15) is 0 Å². The van der Waals surface area contributed by atoms with Crippen LogP contribution in [-0.4, -0.2) is 51.4 Å². The van der Waals surface area contributed by atoms with E-state index in [2.05, 4.69) is 5.32 Å². The predicted molar refractivity (Wildman–Crippen MR) is 178 cm³/mol. The molecule has 0 fully saturated rings. The van der Waals surface area contributed by atoms with Gasteiger partial charge in [-0.05, 0) is 71.6 Å². The molecular weight excluding hydrogens is 629 g/mol. The third kappa shape index (κ3) is 9.08. The van der Waals surface area contributed by atoms with Crippen molar-refractivity contribution in [3.05, 3.63) is 125 Å². The number of nitrogens with zero attached hydrogens (tertiary/aromatic N) is 2. The van der Waals surface area contributed by atoms with E-state index in [-0.39, 0.29) is 40.4 Å². The summed E-state index contributed by atoms with van der Waals surface area (Å²) in [6.45, 7) is 3.58.